The molecule has 0 aliphatic rings. The molecule has 4 nitrogen and oxygen atoms in total. The maximum atomic E-state index is 3.93. The molecule has 294 valence electrons. The number of unbranched alkanes of at least 4 members (excludes halogenated alkanes) is 10. The summed E-state index contributed by atoms with van der Waals surface area (Å²) >= 11 is 0. The predicted molar refractivity (Wildman–Crippen MR) is 247 cm³/mol. The Bertz CT molecular complexity index is 2270. The topological polar surface area (TPSA) is 38.1 Å². The van der Waals surface area contributed by atoms with Gasteiger partial charge in [-0.25, -0.2) is 0 Å². The van der Waals surface area contributed by atoms with Crippen LogP contribution in [0.5, 0.6) is 0 Å². The van der Waals surface area contributed by atoms with Crippen LogP contribution in [0.15, 0.2) is 72.8 Å². The minimum absolute atomic E-state index is 1.02. The molecule has 0 saturated heterocycles. The van der Waals surface area contributed by atoms with Gasteiger partial charge in [-0.15, -0.1) is 0 Å². The largest absolute Gasteiger partial charge is 0.354 e. The van der Waals surface area contributed by atoms with Gasteiger partial charge in [0.1, 0.15) is 0 Å². The standard InChI is InChI=1S/C52H66N4/c1-9-11-13-15-17-23-29-55(45-27-21-19-25-35(45)3)47-31-37(5)51-49(39(47)7)41-33-44-42(34-43(41)53-51)50-40(8)48(32-38(6)52(50)54-44)56(30-24-18-16-14-12-10-2)46-28-22-20-26-36(46)4/h19-22,25-28,31-34,53-54H,9-18,23-24,29-30H2,1-8H3. The van der Waals surface area contributed by atoms with Gasteiger partial charge in [0.05, 0.1) is 0 Å². The van der Waals surface area contributed by atoms with Gasteiger partial charge in [-0.05, 0) is 124 Å². The van der Waals surface area contributed by atoms with Crippen LogP contribution in [0.25, 0.3) is 43.6 Å². The van der Waals surface area contributed by atoms with Gasteiger partial charge in [-0.1, -0.05) is 114 Å². The number of para-hydroxylation sites is 2. The highest BCUT2D eigenvalue weighted by Crippen LogP contribution is 2.44. The van der Waals surface area contributed by atoms with Crippen LogP contribution in [-0.4, -0.2) is 23.1 Å². The lowest BCUT2D eigenvalue weighted by molar-refractivity contribution is 0.609. The number of H-pyrrole nitrogens is 2. The van der Waals surface area contributed by atoms with Gasteiger partial charge in [0.25, 0.3) is 0 Å². The molecule has 0 atom stereocenters. The number of aryl methyl sites for hydroxylation is 6. The van der Waals surface area contributed by atoms with E-state index in [9.17, 15) is 0 Å². The second-order valence-electron chi connectivity index (χ2n) is 16.8. The van der Waals surface area contributed by atoms with Crippen molar-refractivity contribution in [2.24, 2.45) is 0 Å². The molecular weight excluding hydrogens is 681 g/mol. The number of anilines is 4. The van der Waals surface area contributed by atoms with Crippen LogP contribution in [-0.2, 0) is 0 Å². The molecule has 2 N–H and O–H groups in total. The van der Waals surface area contributed by atoms with E-state index in [-0.39, 0.29) is 0 Å². The number of aromatic nitrogens is 2. The number of nitrogens with zero attached hydrogens (tertiary/aromatic N) is 2. The zero-order valence-corrected chi connectivity index (χ0v) is 35.7. The summed E-state index contributed by atoms with van der Waals surface area (Å²) in [6.07, 6.45) is 15.5. The fraction of sp³-hybridized carbons (Fsp3) is 0.423. The molecule has 0 spiro atoms. The van der Waals surface area contributed by atoms with Gasteiger partial charge >= 0.3 is 0 Å². The molecule has 56 heavy (non-hydrogen) atoms. The monoisotopic (exact) mass is 747 g/mol. The second kappa shape index (κ2) is 17.6. The first kappa shape index (κ1) is 39.5. The van der Waals surface area contributed by atoms with Crippen molar-refractivity contribution < 1.29 is 0 Å². The molecule has 5 aromatic carbocycles. The Labute approximate surface area is 336 Å². The van der Waals surface area contributed by atoms with Gasteiger partial charge in [-0.2, -0.15) is 0 Å². The Morgan fingerprint density at radius 3 is 1.18 bits per heavy atom. The van der Waals surface area contributed by atoms with Gasteiger partial charge in [0.15, 0.2) is 0 Å². The van der Waals surface area contributed by atoms with Crippen molar-refractivity contribution in [2.75, 3.05) is 22.9 Å². The summed E-state index contributed by atoms with van der Waals surface area (Å²) in [4.78, 5) is 13.1. The van der Waals surface area contributed by atoms with Crippen molar-refractivity contribution in [3.63, 3.8) is 0 Å². The zero-order valence-electron chi connectivity index (χ0n) is 35.7. The van der Waals surface area contributed by atoms with Crippen molar-refractivity contribution >= 4 is 66.4 Å². The Balaban J connectivity index is 1.33. The first-order chi connectivity index (χ1) is 27.2. The van der Waals surface area contributed by atoms with Crippen molar-refractivity contribution in [3.8, 4) is 0 Å². The van der Waals surface area contributed by atoms with Crippen molar-refractivity contribution in [1.29, 1.82) is 0 Å². The van der Waals surface area contributed by atoms with E-state index >= 15 is 0 Å². The fourth-order valence-electron chi connectivity index (χ4n) is 9.42. The van der Waals surface area contributed by atoms with E-state index in [0.717, 1.165) is 13.1 Å². The molecular formula is C52H66N4. The van der Waals surface area contributed by atoms with Crippen LogP contribution < -0.4 is 9.80 Å². The van der Waals surface area contributed by atoms with Gasteiger partial charge in [0.2, 0.25) is 0 Å². The van der Waals surface area contributed by atoms with E-state index in [1.54, 1.807) is 0 Å². The molecule has 0 aliphatic heterocycles. The first-order valence-electron chi connectivity index (χ1n) is 21.9. The average Bonchev–Trinajstić information content (AvgIpc) is 3.77. The Morgan fingerprint density at radius 2 is 0.786 bits per heavy atom. The summed E-state index contributed by atoms with van der Waals surface area (Å²) in [6.45, 7) is 20.4. The van der Waals surface area contributed by atoms with E-state index in [1.807, 2.05) is 0 Å². The molecule has 4 heteroatoms. The number of fused-ring (bicyclic) bond motifs is 6. The van der Waals surface area contributed by atoms with E-state index in [1.165, 1.54) is 177 Å². The van der Waals surface area contributed by atoms with Gasteiger partial charge in [0, 0.05) is 79.5 Å². The van der Waals surface area contributed by atoms with E-state index in [2.05, 4.69) is 148 Å². The molecule has 7 rings (SSSR count). The first-order valence-corrected chi connectivity index (χ1v) is 21.9. The number of aromatic amines is 2. The number of nitrogens with one attached hydrogen (secondary N) is 2. The third kappa shape index (κ3) is 7.82. The van der Waals surface area contributed by atoms with Gasteiger partial charge in [-0.3, -0.25) is 0 Å². The minimum Gasteiger partial charge on any atom is -0.354 e. The van der Waals surface area contributed by atoms with E-state index < -0.39 is 0 Å². The highest BCUT2D eigenvalue weighted by Gasteiger charge is 2.23. The molecule has 0 radical (unpaired) electrons. The molecule has 0 amide bonds. The normalized spacial score (nSPS) is 11.9. The molecule has 0 fully saturated rings. The fourth-order valence-corrected chi connectivity index (χ4v) is 9.42. The Hall–Kier alpha value is -4.70. The van der Waals surface area contributed by atoms with Crippen LogP contribution in [0.1, 0.15) is 124 Å². The van der Waals surface area contributed by atoms with E-state index in [4.69, 9.17) is 0 Å². The molecule has 0 unspecified atom stereocenters. The molecule has 0 aliphatic carbocycles. The van der Waals surface area contributed by atoms with Crippen molar-refractivity contribution in [1.82, 2.24) is 9.97 Å². The predicted octanol–water partition coefficient (Wildman–Crippen LogP) is 15.8. The average molecular weight is 747 g/mol. The lowest BCUT2D eigenvalue weighted by Gasteiger charge is -2.29. The lowest BCUT2D eigenvalue weighted by atomic mass is 9.98. The summed E-state index contributed by atoms with van der Waals surface area (Å²) in [5.41, 5.74) is 18.1. The Morgan fingerprint density at radius 1 is 0.411 bits per heavy atom. The van der Waals surface area contributed by atoms with Crippen LogP contribution in [0.2, 0.25) is 0 Å². The SMILES string of the molecule is CCCCCCCCN(c1ccccc1C)c1cc(C)c2[nH]c3cc4c(cc3c2c1C)[nH]c1c(C)cc(N(CCCCCCCC)c2ccccc2C)c(C)c14. The van der Waals surface area contributed by atoms with Crippen molar-refractivity contribution in [3.05, 3.63) is 106 Å². The highest BCUT2D eigenvalue weighted by molar-refractivity contribution is 6.20. The summed E-state index contributed by atoms with van der Waals surface area (Å²) in [5.74, 6) is 0. The number of hydrogen-bond acceptors (Lipinski definition) is 2. The number of hydrogen-bond donors (Lipinski definition) is 2. The number of rotatable bonds is 18. The maximum Gasteiger partial charge on any atom is 0.0498 e. The smallest absolute Gasteiger partial charge is 0.0498 e. The second-order valence-corrected chi connectivity index (χ2v) is 16.8. The lowest BCUT2D eigenvalue weighted by Crippen LogP contribution is -2.20. The minimum atomic E-state index is 1.02. The maximum absolute atomic E-state index is 3.93. The highest BCUT2D eigenvalue weighted by atomic mass is 15.1. The quantitative estimate of drug-likeness (QED) is 0.0858. The Kier molecular flexibility index (Phi) is 12.4. The molecule has 0 saturated carbocycles. The van der Waals surface area contributed by atoms with Crippen molar-refractivity contribution in [2.45, 2.75) is 132 Å². The molecule has 2 aromatic heterocycles. The molecule has 0 bridgehead atoms. The summed E-state index contributed by atoms with van der Waals surface area (Å²) in [5, 5.41) is 5.28. The summed E-state index contributed by atoms with van der Waals surface area (Å²) in [6, 6.07) is 27.6. The van der Waals surface area contributed by atoms with E-state index in [0.29, 0.717) is 0 Å². The van der Waals surface area contributed by atoms with Crippen LogP contribution in [0, 0.1) is 41.5 Å². The van der Waals surface area contributed by atoms with Crippen LogP contribution >= 0.6 is 0 Å². The molecule has 7 aromatic rings. The summed E-state index contributed by atoms with van der Waals surface area (Å²) in [7, 11) is 0. The zero-order chi connectivity index (χ0) is 39.3. The van der Waals surface area contributed by atoms with Gasteiger partial charge < -0.3 is 19.8 Å². The summed E-state index contributed by atoms with van der Waals surface area (Å²) < 4.78 is 0. The van der Waals surface area contributed by atoms with Crippen LogP contribution in [0.4, 0.5) is 22.7 Å². The number of benzene rings is 5. The van der Waals surface area contributed by atoms with Crippen LogP contribution in [0.3, 0.4) is 0 Å². The molecule has 2 heterocycles. The third-order valence-electron chi connectivity index (χ3n) is 12.6. The third-order valence-corrected chi connectivity index (χ3v) is 12.6.